The molecule has 0 aliphatic carbocycles. The van der Waals surface area contributed by atoms with Gasteiger partial charge in [-0.25, -0.2) is 0 Å². The van der Waals surface area contributed by atoms with Crippen molar-refractivity contribution < 1.29 is 9.90 Å². The maximum atomic E-state index is 11.7. The van der Waals surface area contributed by atoms with Gasteiger partial charge in [-0.1, -0.05) is 43.3 Å². The monoisotopic (exact) mass is 233 g/mol. The van der Waals surface area contributed by atoms with Gasteiger partial charge in [0.05, 0.1) is 6.04 Å². The smallest absolute Gasteiger partial charge is 0.249 e. The lowest BCUT2D eigenvalue weighted by Gasteiger charge is -2.19. The van der Waals surface area contributed by atoms with Crippen LogP contribution in [0.5, 0.6) is 0 Å². The maximum absolute atomic E-state index is 11.7. The van der Waals surface area contributed by atoms with Gasteiger partial charge in [0.15, 0.2) is 0 Å². The lowest BCUT2D eigenvalue weighted by atomic mass is 10.0. The Morgan fingerprint density at radius 2 is 1.94 bits per heavy atom. The van der Waals surface area contributed by atoms with Crippen LogP contribution in [0.15, 0.2) is 43.0 Å². The normalized spacial score (nSPS) is 15.7. The number of nitrogens with one attached hydrogen (secondary N) is 1. The van der Waals surface area contributed by atoms with Gasteiger partial charge in [0, 0.05) is 5.92 Å². The van der Waals surface area contributed by atoms with Crippen molar-refractivity contribution in [2.75, 3.05) is 0 Å². The number of hydrogen-bond donors (Lipinski definition) is 2. The number of aliphatic hydroxyl groups excluding tert-OH is 1. The third-order valence-corrected chi connectivity index (χ3v) is 2.80. The Morgan fingerprint density at radius 3 is 2.47 bits per heavy atom. The predicted molar refractivity (Wildman–Crippen MR) is 68.4 cm³/mol. The number of rotatable bonds is 5. The molecule has 0 fully saturated rings. The minimum absolute atomic E-state index is 0.115. The van der Waals surface area contributed by atoms with E-state index in [0.717, 1.165) is 5.56 Å². The fourth-order valence-corrected chi connectivity index (χ4v) is 1.49. The zero-order valence-electron chi connectivity index (χ0n) is 10.3. The molecule has 0 radical (unpaired) electrons. The molecule has 3 nitrogen and oxygen atoms in total. The SMILES string of the molecule is C=C[C@@H](C)[C@H](O)C(=O)N[C@H](C)c1ccccc1. The number of carbonyl (C=O) groups excluding carboxylic acids is 1. The second-order valence-electron chi connectivity index (χ2n) is 4.18. The molecule has 0 heterocycles. The van der Waals surface area contributed by atoms with Gasteiger partial charge >= 0.3 is 0 Å². The summed E-state index contributed by atoms with van der Waals surface area (Å²) in [6.45, 7) is 7.20. The molecule has 0 bridgehead atoms. The summed E-state index contributed by atoms with van der Waals surface area (Å²) in [6.07, 6.45) is 0.524. The Bertz CT molecular complexity index is 375. The van der Waals surface area contributed by atoms with E-state index in [-0.39, 0.29) is 17.9 Å². The molecule has 17 heavy (non-hydrogen) atoms. The first-order valence-corrected chi connectivity index (χ1v) is 5.72. The zero-order chi connectivity index (χ0) is 12.8. The van der Waals surface area contributed by atoms with Gasteiger partial charge in [-0.2, -0.15) is 0 Å². The van der Waals surface area contributed by atoms with E-state index >= 15 is 0 Å². The molecule has 1 aromatic carbocycles. The van der Waals surface area contributed by atoms with E-state index < -0.39 is 6.10 Å². The predicted octanol–water partition coefficient (Wildman–Crippen LogP) is 2.05. The minimum Gasteiger partial charge on any atom is -0.383 e. The summed E-state index contributed by atoms with van der Waals surface area (Å²) < 4.78 is 0. The van der Waals surface area contributed by atoms with E-state index in [4.69, 9.17) is 0 Å². The Hall–Kier alpha value is -1.61. The second kappa shape index (κ2) is 6.21. The summed E-state index contributed by atoms with van der Waals surface area (Å²) in [5.74, 6) is -0.619. The van der Waals surface area contributed by atoms with Crippen LogP contribution in [0, 0.1) is 5.92 Å². The Kier molecular flexibility index (Phi) is 4.91. The quantitative estimate of drug-likeness (QED) is 0.765. The Morgan fingerprint density at radius 1 is 1.35 bits per heavy atom. The number of benzene rings is 1. The van der Waals surface area contributed by atoms with Crippen molar-refractivity contribution in [1.29, 1.82) is 0 Å². The van der Waals surface area contributed by atoms with Crippen molar-refractivity contribution in [3.8, 4) is 0 Å². The van der Waals surface area contributed by atoms with E-state index in [1.54, 1.807) is 13.0 Å². The summed E-state index contributed by atoms with van der Waals surface area (Å²) >= 11 is 0. The first kappa shape index (κ1) is 13.5. The van der Waals surface area contributed by atoms with Gasteiger partial charge in [0.2, 0.25) is 5.91 Å². The lowest BCUT2D eigenvalue weighted by Crippen LogP contribution is -2.39. The van der Waals surface area contributed by atoms with Gasteiger partial charge in [0.1, 0.15) is 6.10 Å². The van der Waals surface area contributed by atoms with Crippen LogP contribution in [0.2, 0.25) is 0 Å². The van der Waals surface area contributed by atoms with Crippen LogP contribution in [0.3, 0.4) is 0 Å². The van der Waals surface area contributed by atoms with Crippen molar-refractivity contribution in [3.63, 3.8) is 0 Å². The first-order chi connectivity index (χ1) is 8.06. The summed E-state index contributed by atoms with van der Waals surface area (Å²) in [5.41, 5.74) is 1.01. The molecular formula is C14H19NO2. The standard InChI is InChI=1S/C14H19NO2/c1-4-10(2)13(16)14(17)15-11(3)12-8-6-5-7-9-12/h4-11,13,16H,1H2,2-3H3,(H,15,17)/t10-,11-,13+/m1/s1. The van der Waals surface area contributed by atoms with Gasteiger partial charge in [-0.15, -0.1) is 6.58 Å². The van der Waals surface area contributed by atoms with Crippen LogP contribution in [0.4, 0.5) is 0 Å². The van der Waals surface area contributed by atoms with Crippen LogP contribution >= 0.6 is 0 Å². The molecule has 0 spiro atoms. The Balaban J connectivity index is 2.60. The first-order valence-electron chi connectivity index (χ1n) is 5.72. The maximum Gasteiger partial charge on any atom is 0.249 e. The number of amides is 1. The summed E-state index contributed by atoms with van der Waals surface area (Å²) in [5, 5.41) is 12.5. The van der Waals surface area contributed by atoms with Gasteiger partial charge in [-0.3, -0.25) is 4.79 Å². The Labute approximate surface area is 102 Å². The summed E-state index contributed by atoms with van der Waals surface area (Å²) in [7, 11) is 0. The largest absolute Gasteiger partial charge is 0.383 e. The highest BCUT2D eigenvalue weighted by Crippen LogP contribution is 2.12. The van der Waals surface area contributed by atoms with Crippen LogP contribution < -0.4 is 5.32 Å². The molecule has 0 aromatic heterocycles. The molecule has 3 heteroatoms. The molecule has 3 atom stereocenters. The molecule has 1 amide bonds. The fourth-order valence-electron chi connectivity index (χ4n) is 1.49. The van der Waals surface area contributed by atoms with E-state index in [1.165, 1.54) is 0 Å². The average Bonchev–Trinajstić information content (AvgIpc) is 2.37. The van der Waals surface area contributed by atoms with Crippen LogP contribution in [-0.4, -0.2) is 17.1 Å². The molecule has 2 N–H and O–H groups in total. The van der Waals surface area contributed by atoms with Crippen molar-refractivity contribution in [2.45, 2.75) is 26.0 Å². The molecular weight excluding hydrogens is 214 g/mol. The molecule has 0 saturated heterocycles. The third kappa shape index (κ3) is 3.71. The van der Waals surface area contributed by atoms with E-state index in [9.17, 15) is 9.90 Å². The number of hydrogen-bond acceptors (Lipinski definition) is 2. The fraction of sp³-hybridized carbons (Fsp3) is 0.357. The molecule has 92 valence electrons. The molecule has 0 unspecified atom stereocenters. The van der Waals surface area contributed by atoms with Gasteiger partial charge < -0.3 is 10.4 Å². The number of carbonyl (C=O) groups is 1. The lowest BCUT2D eigenvalue weighted by molar-refractivity contribution is -0.131. The zero-order valence-corrected chi connectivity index (χ0v) is 10.3. The van der Waals surface area contributed by atoms with Crippen LogP contribution in [0.1, 0.15) is 25.5 Å². The topological polar surface area (TPSA) is 49.3 Å². The second-order valence-corrected chi connectivity index (χ2v) is 4.18. The van der Waals surface area contributed by atoms with Crippen molar-refractivity contribution >= 4 is 5.91 Å². The number of aliphatic hydroxyl groups is 1. The molecule has 1 aromatic rings. The minimum atomic E-state index is -1.04. The van der Waals surface area contributed by atoms with Crippen molar-refractivity contribution in [1.82, 2.24) is 5.32 Å². The highest BCUT2D eigenvalue weighted by atomic mass is 16.3. The highest BCUT2D eigenvalue weighted by molar-refractivity contribution is 5.81. The molecule has 1 rings (SSSR count). The molecule has 0 saturated carbocycles. The third-order valence-electron chi connectivity index (χ3n) is 2.80. The highest BCUT2D eigenvalue weighted by Gasteiger charge is 2.21. The van der Waals surface area contributed by atoms with E-state index in [2.05, 4.69) is 11.9 Å². The van der Waals surface area contributed by atoms with Crippen molar-refractivity contribution in [2.24, 2.45) is 5.92 Å². The van der Waals surface area contributed by atoms with Crippen LogP contribution in [0.25, 0.3) is 0 Å². The summed E-state index contributed by atoms with van der Waals surface area (Å²) in [6, 6.07) is 9.52. The van der Waals surface area contributed by atoms with Crippen molar-refractivity contribution in [3.05, 3.63) is 48.6 Å². The molecule has 0 aliphatic heterocycles. The van der Waals surface area contributed by atoms with Gasteiger partial charge in [-0.05, 0) is 12.5 Å². The van der Waals surface area contributed by atoms with Crippen LogP contribution in [-0.2, 0) is 4.79 Å². The van der Waals surface area contributed by atoms with E-state index in [1.807, 2.05) is 37.3 Å². The molecule has 0 aliphatic rings. The van der Waals surface area contributed by atoms with E-state index in [0.29, 0.717) is 0 Å². The van der Waals surface area contributed by atoms with Gasteiger partial charge in [0.25, 0.3) is 0 Å². The average molecular weight is 233 g/mol. The summed E-state index contributed by atoms with van der Waals surface area (Å²) in [4.78, 5) is 11.7.